The normalized spacial score (nSPS) is 30.1. The highest BCUT2D eigenvalue weighted by Gasteiger charge is 2.12. The van der Waals surface area contributed by atoms with Crippen LogP contribution in [0.5, 0.6) is 0 Å². The second-order valence-electron chi connectivity index (χ2n) is 2.90. The first-order valence-corrected chi connectivity index (χ1v) is 3.64. The van der Waals surface area contributed by atoms with Crippen molar-refractivity contribution in [3.8, 4) is 0 Å². The van der Waals surface area contributed by atoms with E-state index in [1.165, 1.54) is 25.9 Å². The molecular formula is C8H15N. The summed E-state index contributed by atoms with van der Waals surface area (Å²) < 4.78 is 0. The second-order valence-corrected chi connectivity index (χ2v) is 2.90. The Morgan fingerprint density at radius 3 is 2.89 bits per heavy atom. The Morgan fingerprint density at radius 1 is 1.67 bits per heavy atom. The van der Waals surface area contributed by atoms with Crippen molar-refractivity contribution in [1.29, 1.82) is 0 Å². The van der Waals surface area contributed by atoms with Gasteiger partial charge in [-0.3, -0.25) is 0 Å². The van der Waals surface area contributed by atoms with E-state index >= 15 is 0 Å². The van der Waals surface area contributed by atoms with Crippen LogP contribution in [-0.4, -0.2) is 25.0 Å². The third-order valence-corrected chi connectivity index (χ3v) is 1.99. The molecule has 0 bridgehead atoms. The number of hydrogen-bond donors (Lipinski definition) is 0. The van der Waals surface area contributed by atoms with Crippen LogP contribution >= 0.6 is 0 Å². The third kappa shape index (κ3) is 1.83. The Balaban J connectivity index is 2.31. The average Bonchev–Trinajstić information content (AvgIpc) is 1.88. The van der Waals surface area contributed by atoms with E-state index in [2.05, 4.69) is 24.6 Å². The van der Waals surface area contributed by atoms with Crippen LogP contribution in [0.25, 0.3) is 0 Å². The molecule has 0 aromatic heterocycles. The summed E-state index contributed by atoms with van der Waals surface area (Å²) in [5, 5.41) is 0. The molecule has 0 aromatic rings. The van der Waals surface area contributed by atoms with Crippen LogP contribution in [0.2, 0.25) is 0 Å². The Labute approximate surface area is 57.4 Å². The zero-order valence-corrected chi connectivity index (χ0v) is 6.14. The minimum absolute atomic E-state index is 0.753. The Hall–Kier alpha value is -0.300. The summed E-state index contributed by atoms with van der Waals surface area (Å²) in [6, 6.07) is 0. The molecule has 0 aromatic carbocycles. The first-order valence-electron chi connectivity index (χ1n) is 3.64. The highest BCUT2D eigenvalue weighted by Crippen LogP contribution is 2.14. The first kappa shape index (κ1) is 6.81. The smallest absolute Gasteiger partial charge is 0.00412 e. The molecule has 1 fully saturated rings. The lowest BCUT2D eigenvalue weighted by molar-refractivity contribution is 0.237. The zero-order chi connectivity index (χ0) is 6.69. The molecule has 0 N–H and O–H groups in total. The fraction of sp³-hybridized carbons (Fsp3) is 0.750. The van der Waals surface area contributed by atoms with E-state index < -0.39 is 0 Å². The predicted molar refractivity (Wildman–Crippen MR) is 40.4 cm³/mol. The fourth-order valence-corrected chi connectivity index (χ4v) is 1.40. The maximum Gasteiger partial charge on any atom is 0.00412 e. The summed E-state index contributed by atoms with van der Waals surface area (Å²) in [6.45, 7) is 6.27. The summed E-state index contributed by atoms with van der Waals surface area (Å²) >= 11 is 0. The van der Waals surface area contributed by atoms with E-state index in [4.69, 9.17) is 0 Å². The SMILES string of the molecule is C=C[C@@H]1CCCN(C)C1. The van der Waals surface area contributed by atoms with E-state index in [1.807, 2.05) is 0 Å². The van der Waals surface area contributed by atoms with Crippen LogP contribution < -0.4 is 0 Å². The van der Waals surface area contributed by atoms with Crippen molar-refractivity contribution in [2.45, 2.75) is 12.8 Å². The largest absolute Gasteiger partial charge is 0.306 e. The fourth-order valence-electron chi connectivity index (χ4n) is 1.40. The lowest BCUT2D eigenvalue weighted by Gasteiger charge is -2.27. The van der Waals surface area contributed by atoms with E-state index in [0.29, 0.717) is 0 Å². The van der Waals surface area contributed by atoms with Gasteiger partial charge >= 0.3 is 0 Å². The maximum atomic E-state index is 3.79. The highest BCUT2D eigenvalue weighted by atomic mass is 15.1. The Kier molecular flexibility index (Phi) is 2.29. The first-order chi connectivity index (χ1) is 4.33. The second kappa shape index (κ2) is 3.02. The van der Waals surface area contributed by atoms with E-state index in [-0.39, 0.29) is 0 Å². The van der Waals surface area contributed by atoms with Crippen molar-refractivity contribution in [1.82, 2.24) is 4.90 Å². The van der Waals surface area contributed by atoms with Gasteiger partial charge in [-0.15, -0.1) is 6.58 Å². The van der Waals surface area contributed by atoms with Gasteiger partial charge in [-0.25, -0.2) is 0 Å². The van der Waals surface area contributed by atoms with Gasteiger partial charge in [0, 0.05) is 6.54 Å². The van der Waals surface area contributed by atoms with Crippen LogP contribution in [0, 0.1) is 5.92 Å². The molecule has 0 aliphatic carbocycles. The van der Waals surface area contributed by atoms with Crippen molar-refractivity contribution in [3.05, 3.63) is 12.7 Å². The minimum Gasteiger partial charge on any atom is -0.306 e. The Morgan fingerprint density at radius 2 is 2.44 bits per heavy atom. The summed E-state index contributed by atoms with van der Waals surface area (Å²) in [5.74, 6) is 0.753. The molecule has 0 spiro atoms. The molecule has 1 aliphatic rings. The van der Waals surface area contributed by atoms with Gasteiger partial charge in [-0.2, -0.15) is 0 Å². The van der Waals surface area contributed by atoms with Crippen LogP contribution in [0.3, 0.4) is 0 Å². The minimum atomic E-state index is 0.753. The molecule has 1 atom stereocenters. The van der Waals surface area contributed by atoms with E-state index in [0.717, 1.165) is 5.92 Å². The van der Waals surface area contributed by atoms with Crippen LogP contribution in [-0.2, 0) is 0 Å². The third-order valence-electron chi connectivity index (χ3n) is 1.99. The highest BCUT2D eigenvalue weighted by molar-refractivity contribution is 4.83. The molecule has 1 nitrogen and oxygen atoms in total. The van der Waals surface area contributed by atoms with Crippen molar-refractivity contribution in [2.24, 2.45) is 5.92 Å². The van der Waals surface area contributed by atoms with Gasteiger partial charge in [-0.05, 0) is 32.4 Å². The molecular weight excluding hydrogens is 110 g/mol. The molecule has 1 heteroatoms. The van der Waals surface area contributed by atoms with Crippen molar-refractivity contribution in [3.63, 3.8) is 0 Å². The van der Waals surface area contributed by atoms with Gasteiger partial charge in [0.1, 0.15) is 0 Å². The van der Waals surface area contributed by atoms with Crippen molar-refractivity contribution in [2.75, 3.05) is 20.1 Å². The predicted octanol–water partition coefficient (Wildman–Crippen LogP) is 1.51. The van der Waals surface area contributed by atoms with E-state index in [9.17, 15) is 0 Å². The van der Waals surface area contributed by atoms with Gasteiger partial charge in [0.15, 0.2) is 0 Å². The maximum absolute atomic E-state index is 3.79. The van der Waals surface area contributed by atoms with Crippen molar-refractivity contribution >= 4 is 0 Å². The van der Waals surface area contributed by atoms with Gasteiger partial charge in [0.2, 0.25) is 0 Å². The monoisotopic (exact) mass is 125 g/mol. The summed E-state index contributed by atoms with van der Waals surface area (Å²) in [7, 11) is 2.18. The van der Waals surface area contributed by atoms with Gasteiger partial charge in [0.05, 0.1) is 0 Å². The number of hydrogen-bond acceptors (Lipinski definition) is 1. The Bertz CT molecular complexity index is 98.7. The van der Waals surface area contributed by atoms with Gasteiger partial charge in [0.25, 0.3) is 0 Å². The molecule has 9 heavy (non-hydrogen) atoms. The zero-order valence-electron chi connectivity index (χ0n) is 6.14. The number of likely N-dealkylation sites (tertiary alicyclic amines) is 1. The van der Waals surface area contributed by atoms with Crippen LogP contribution in [0.1, 0.15) is 12.8 Å². The average molecular weight is 125 g/mol. The summed E-state index contributed by atoms with van der Waals surface area (Å²) in [5.41, 5.74) is 0. The molecule has 0 amide bonds. The molecule has 1 rings (SSSR count). The number of rotatable bonds is 1. The molecule has 1 heterocycles. The molecule has 0 saturated carbocycles. The van der Waals surface area contributed by atoms with Gasteiger partial charge < -0.3 is 4.90 Å². The molecule has 0 radical (unpaired) electrons. The lowest BCUT2D eigenvalue weighted by Crippen LogP contribution is -2.30. The summed E-state index contributed by atoms with van der Waals surface area (Å²) in [6.07, 6.45) is 4.76. The molecule has 1 aliphatic heterocycles. The van der Waals surface area contributed by atoms with Crippen molar-refractivity contribution < 1.29 is 0 Å². The lowest BCUT2D eigenvalue weighted by atomic mass is 9.99. The molecule has 0 unspecified atom stereocenters. The molecule has 52 valence electrons. The number of nitrogens with zero attached hydrogens (tertiary/aromatic N) is 1. The standard InChI is InChI=1S/C8H15N/c1-3-8-5-4-6-9(2)7-8/h3,8H,1,4-7H2,2H3/t8-/m1/s1. The van der Waals surface area contributed by atoms with E-state index in [1.54, 1.807) is 0 Å². The number of piperidine rings is 1. The van der Waals surface area contributed by atoms with Crippen LogP contribution in [0.4, 0.5) is 0 Å². The van der Waals surface area contributed by atoms with Gasteiger partial charge in [-0.1, -0.05) is 6.08 Å². The quantitative estimate of drug-likeness (QED) is 0.480. The summed E-state index contributed by atoms with van der Waals surface area (Å²) in [4.78, 5) is 2.37. The van der Waals surface area contributed by atoms with Crippen LogP contribution in [0.15, 0.2) is 12.7 Å². The molecule has 1 saturated heterocycles. The topological polar surface area (TPSA) is 3.24 Å².